The van der Waals surface area contributed by atoms with E-state index in [4.69, 9.17) is 11.6 Å². The van der Waals surface area contributed by atoms with E-state index in [0.29, 0.717) is 16.0 Å². The van der Waals surface area contributed by atoms with Gasteiger partial charge in [-0.05, 0) is 61.7 Å². The van der Waals surface area contributed by atoms with Crippen LogP contribution < -0.4 is 5.32 Å². The zero-order valence-corrected chi connectivity index (χ0v) is 13.1. The Morgan fingerprint density at radius 1 is 1.17 bits per heavy atom. The summed E-state index contributed by atoms with van der Waals surface area (Å²) < 4.78 is 14.7. The quantitative estimate of drug-likeness (QED) is 0.714. The van der Waals surface area contributed by atoms with Gasteiger partial charge in [0.15, 0.2) is 0 Å². The molecule has 0 amide bonds. The van der Waals surface area contributed by atoms with Gasteiger partial charge < -0.3 is 5.32 Å². The Bertz CT molecular complexity index is 575. The van der Waals surface area contributed by atoms with Crippen molar-refractivity contribution in [1.82, 2.24) is 0 Å². The van der Waals surface area contributed by atoms with Crippen LogP contribution in [0.3, 0.4) is 0 Å². The predicted octanol–water partition coefficient (Wildman–Crippen LogP) is 5.62. The molecule has 0 radical (unpaired) electrons. The SMILES string of the molecule is Fc1cccc(CNc2ccc(Cl)cc2Br)c1Br. The first-order valence-electron chi connectivity index (χ1n) is 5.20. The molecule has 5 heteroatoms. The van der Waals surface area contributed by atoms with E-state index in [2.05, 4.69) is 37.2 Å². The van der Waals surface area contributed by atoms with Crippen molar-refractivity contribution in [1.29, 1.82) is 0 Å². The van der Waals surface area contributed by atoms with Gasteiger partial charge in [-0.2, -0.15) is 0 Å². The Balaban J connectivity index is 2.14. The van der Waals surface area contributed by atoms with Crippen LogP contribution in [-0.2, 0) is 6.54 Å². The highest BCUT2D eigenvalue weighted by Gasteiger charge is 2.06. The smallest absolute Gasteiger partial charge is 0.137 e. The van der Waals surface area contributed by atoms with E-state index in [1.165, 1.54) is 6.07 Å². The second-order valence-corrected chi connectivity index (χ2v) is 5.77. The van der Waals surface area contributed by atoms with Crippen molar-refractivity contribution in [2.24, 2.45) is 0 Å². The molecule has 2 aromatic carbocycles. The normalized spacial score (nSPS) is 10.4. The molecule has 0 atom stereocenters. The topological polar surface area (TPSA) is 12.0 Å². The highest BCUT2D eigenvalue weighted by atomic mass is 79.9. The average Bonchev–Trinajstić information content (AvgIpc) is 2.33. The van der Waals surface area contributed by atoms with Crippen LogP contribution in [0.2, 0.25) is 5.02 Å². The van der Waals surface area contributed by atoms with Crippen molar-refractivity contribution in [3.8, 4) is 0 Å². The molecule has 1 N–H and O–H groups in total. The zero-order valence-electron chi connectivity index (χ0n) is 9.18. The van der Waals surface area contributed by atoms with Crippen LogP contribution in [0.5, 0.6) is 0 Å². The fourth-order valence-corrected chi connectivity index (χ4v) is 2.74. The maximum atomic E-state index is 13.3. The number of anilines is 1. The van der Waals surface area contributed by atoms with E-state index in [-0.39, 0.29) is 5.82 Å². The molecule has 1 nitrogen and oxygen atoms in total. The van der Waals surface area contributed by atoms with Crippen molar-refractivity contribution in [3.63, 3.8) is 0 Å². The van der Waals surface area contributed by atoms with Crippen LogP contribution >= 0.6 is 43.5 Å². The molecule has 0 fully saturated rings. The van der Waals surface area contributed by atoms with Gasteiger partial charge in [-0.25, -0.2) is 4.39 Å². The minimum atomic E-state index is -0.260. The molecule has 0 saturated heterocycles. The third kappa shape index (κ3) is 3.25. The Morgan fingerprint density at radius 3 is 2.67 bits per heavy atom. The first-order valence-corrected chi connectivity index (χ1v) is 7.16. The minimum absolute atomic E-state index is 0.260. The maximum Gasteiger partial charge on any atom is 0.137 e. The fraction of sp³-hybridized carbons (Fsp3) is 0.0769. The summed E-state index contributed by atoms with van der Waals surface area (Å²) >= 11 is 12.5. The van der Waals surface area contributed by atoms with Crippen LogP contribution in [0, 0.1) is 5.82 Å². The first-order chi connectivity index (χ1) is 8.58. The predicted molar refractivity (Wildman–Crippen MR) is 80.6 cm³/mol. The van der Waals surface area contributed by atoms with Crippen molar-refractivity contribution in [3.05, 3.63) is 61.7 Å². The molecule has 0 bridgehead atoms. The number of benzene rings is 2. The van der Waals surface area contributed by atoms with Gasteiger partial charge in [-0.3, -0.25) is 0 Å². The summed E-state index contributed by atoms with van der Waals surface area (Å²) in [7, 11) is 0. The summed E-state index contributed by atoms with van der Waals surface area (Å²) in [6.07, 6.45) is 0. The molecule has 2 rings (SSSR count). The number of hydrogen-bond acceptors (Lipinski definition) is 1. The Kier molecular flexibility index (Phi) is 4.65. The fourth-order valence-electron chi connectivity index (χ4n) is 1.51. The molecule has 18 heavy (non-hydrogen) atoms. The van der Waals surface area contributed by atoms with Crippen LogP contribution in [0.4, 0.5) is 10.1 Å². The molecule has 0 heterocycles. The number of nitrogens with one attached hydrogen (secondary N) is 1. The Hall–Kier alpha value is -0.580. The summed E-state index contributed by atoms with van der Waals surface area (Å²) in [5.74, 6) is -0.260. The molecule has 94 valence electrons. The van der Waals surface area contributed by atoms with Gasteiger partial charge in [0.1, 0.15) is 5.82 Å². The summed E-state index contributed by atoms with van der Waals surface area (Å²) in [5.41, 5.74) is 1.77. The van der Waals surface area contributed by atoms with Crippen LogP contribution in [0.25, 0.3) is 0 Å². The average molecular weight is 393 g/mol. The molecule has 0 saturated carbocycles. The van der Waals surface area contributed by atoms with Gasteiger partial charge in [0, 0.05) is 21.7 Å². The lowest BCUT2D eigenvalue weighted by molar-refractivity contribution is 0.618. The van der Waals surface area contributed by atoms with Gasteiger partial charge >= 0.3 is 0 Å². The zero-order chi connectivity index (χ0) is 13.1. The highest BCUT2D eigenvalue weighted by Crippen LogP contribution is 2.27. The standard InChI is InChI=1S/C13H9Br2ClFN/c14-10-6-9(16)4-5-12(10)18-7-8-2-1-3-11(17)13(8)15/h1-6,18H,7H2. The largest absolute Gasteiger partial charge is 0.380 e. The second kappa shape index (κ2) is 6.04. The van der Waals surface area contributed by atoms with E-state index in [9.17, 15) is 4.39 Å². The lowest BCUT2D eigenvalue weighted by Gasteiger charge is -2.10. The van der Waals surface area contributed by atoms with E-state index in [1.807, 2.05) is 18.2 Å². The molecule has 0 unspecified atom stereocenters. The molecular formula is C13H9Br2ClFN. The van der Waals surface area contributed by atoms with Crippen LogP contribution in [0.15, 0.2) is 45.3 Å². The van der Waals surface area contributed by atoms with Gasteiger partial charge in [0.2, 0.25) is 0 Å². The first kappa shape index (κ1) is 13.8. The molecule has 0 spiro atoms. The van der Waals surface area contributed by atoms with Gasteiger partial charge in [-0.15, -0.1) is 0 Å². The molecule has 0 aromatic heterocycles. The van der Waals surface area contributed by atoms with Crippen LogP contribution in [-0.4, -0.2) is 0 Å². The van der Waals surface area contributed by atoms with Gasteiger partial charge in [0.05, 0.1) is 4.47 Å². The number of halogens is 4. The molecule has 0 aliphatic heterocycles. The number of rotatable bonds is 3. The van der Waals surface area contributed by atoms with E-state index in [0.717, 1.165) is 15.7 Å². The Morgan fingerprint density at radius 2 is 1.94 bits per heavy atom. The highest BCUT2D eigenvalue weighted by molar-refractivity contribution is 9.11. The third-order valence-corrected chi connectivity index (χ3v) is 4.21. The van der Waals surface area contributed by atoms with Crippen molar-refractivity contribution in [2.45, 2.75) is 6.54 Å². The van der Waals surface area contributed by atoms with E-state index in [1.54, 1.807) is 12.1 Å². The summed E-state index contributed by atoms with van der Waals surface area (Å²) in [6, 6.07) is 10.5. The second-order valence-electron chi connectivity index (χ2n) is 3.69. The van der Waals surface area contributed by atoms with E-state index < -0.39 is 0 Å². The van der Waals surface area contributed by atoms with Crippen molar-refractivity contribution >= 4 is 49.1 Å². The van der Waals surface area contributed by atoms with Gasteiger partial charge in [0.25, 0.3) is 0 Å². The van der Waals surface area contributed by atoms with E-state index >= 15 is 0 Å². The van der Waals surface area contributed by atoms with Crippen molar-refractivity contribution in [2.75, 3.05) is 5.32 Å². The third-order valence-electron chi connectivity index (χ3n) is 2.43. The number of hydrogen-bond donors (Lipinski definition) is 1. The van der Waals surface area contributed by atoms with Crippen molar-refractivity contribution < 1.29 is 4.39 Å². The molecule has 2 aromatic rings. The molecule has 0 aliphatic carbocycles. The summed E-state index contributed by atoms with van der Waals surface area (Å²) in [5, 5.41) is 3.89. The summed E-state index contributed by atoms with van der Waals surface area (Å²) in [6.45, 7) is 0.526. The molecular weight excluding hydrogens is 384 g/mol. The lowest BCUT2D eigenvalue weighted by Crippen LogP contribution is -2.01. The summed E-state index contributed by atoms with van der Waals surface area (Å²) in [4.78, 5) is 0. The van der Waals surface area contributed by atoms with Gasteiger partial charge in [-0.1, -0.05) is 23.7 Å². The lowest BCUT2D eigenvalue weighted by atomic mass is 10.2. The molecule has 0 aliphatic rings. The maximum absolute atomic E-state index is 13.3. The van der Waals surface area contributed by atoms with Crippen LogP contribution in [0.1, 0.15) is 5.56 Å². The Labute approximate surface area is 127 Å². The minimum Gasteiger partial charge on any atom is -0.380 e. The monoisotopic (exact) mass is 391 g/mol.